The average molecular weight is 393 g/mol. The largest absolute Gasteiger partial charge is 0.417 e. The van der Waals surface area contributed by atoms with Crippen LogP contribution in [0.2, 0.25) is 5.02 Å². The van der Waals surface area contributed by atoms with Gasteiger partial charge in [-0.3, -0.25) is 9.78 Å². The van der Waals surface area contributed by atoms with Gasteiger partial charge in [0.25, 0.3) is 11.8 Å². The van der Waals surface area contributed by atoms with Crippen molar-refractivity contribution in [2.75, 3.05) is 6.54 Å². The van der Waals surface area contributed by atoms with E-state index in [1.807, 2.05) is 0 Å². The lowest BCUT2D eigenvalue weighted by molar-refractivity contribution is -0.137. The van der Waals surface area contributed by atoms with Crippen molar-refractivity contribution >= 4 is 17.5 Å². The number of carbonyl (C=O) groups is 1. The van der Waals surface area contributed by atoms with Crippen LogP contribution in [0, 0.1) is 0 Å². The van der Waals surface area contributed by atoms with Gasteiger partial charge in [-0.2, -0.15) is 13.2 Å². The van der Waals surface area contributed by atoms with Crippen LogP contribution in [0.4, 0.5) is 22.0 Å². The lowest BCUT2D eigenvalue weighted by Gasteiger charge is -2.15. The van der Waals surface area contributed by atoms with Gasteiger partial charge in [0.15, 0.2) is 0 Å². The molecule has 0 atom stereocenters. The summed E-state index contributed by atoms with van der Waals surface area (Å²) in [4.78, 5) is 15.8. The Balaban J connectivity index is 2.04. The fourth-order valence-corrected chi connectivity index (χ4v) is 2.52. The Morgan fingerprint density at radius 1 is 1.19 bits per heavy atom. The molecule has 1 aromatic carbocycles. The lowest BCUT2D eigenvalue weighted by Crippen LogP contribution is -2.28. The lowest BCUT2D eigenvalue weighted by atomic mass is 10.0. The maximum absolute atomic E-state index is 13.6. The number of aromatic nitrogens is 1. The third kappa shape index (κ3) is 4.91. The third-order valence-electron chi connectivity index (χ3n) is 3.54. The van der Waals surface area contributed by atoms with Crippen LogP contribution in [0.25, 0.3) is 0 Å². The summed E-state index contributed by atoms with van der Waals surface area (Å²) >= 11 is 5.78. The molecular weight excluding hydrogens is 379 g/mol. The van der Waals surface area contributed by atoms with Crippen molar-refractivity contribution in [3.05, 3.63) is 63.9 Å². The minimum atomic E-state index is -4.56. The highest BCUT2D eigenvalue weighted by atomic mass is 35.5. The molecule has 0 fully saturated rings. The molecule has 140 valence electrons. The standard InChI is InChI=1S/C17H14ClF5N2O/c1-16(19,20)12-5-3-2-4-11(12)15(26)24-7-6-14-13(18)8-10(9-25-14)17(21,22)23/h2-5,8-9H,6-7H2,1H3,(H,24,26). The number of halogens is 6. The van der Waals surface area contributed by atoms with E-state index in [0.29, 0.717) is 13.1 Å². The van der Waals surface area contributed by atoms with Gasteiger partial charge >= 0.3 is 6.18 Å². The highest BCUT2D eigenvalue weighted by Crippen LogP contribution is 2.31. The van der Waals surface area contributed by atoms with Gasteiger partial charge in [-0.25, -0.2) is 8.78 Å². The highest BCUT2D eigenvalue weighted by Gasteiger charge is 2.32. The molecule has 3 nitrogen and oxygen atoms in total. The summed E-state index contributed by atoms with van der Waals surface area (Å²) in [7, 11) is 0. The van der Waals surface area contributed by atoms with Crippen LogP contribution in [-0.4, -0.2) is 17.4 Å². The maximum atomic E-state index is 13.6. The molecule has 26 heavy (non-hydrogen) atoms. The molecule has 0 aliphatic heterocycles. The van der Waals surface area contributed by atoms with E-state index in [0.717, 1.165) is 12.1 Å². The van der Waals surface area contributed by atoms with Crippen LogP contribution >= 0.6 is 11.6 Å². The number of pyridine rings is 1. The van der Waals surface area contributed by atoms with E-state index >= 15 is 0 Å². The molecule has 1 amide bonds. The first-order valence-electron chi connectivity index (χ1n) is 7.47. The quantitative estimate of drug-likeness (QED) is 0.740. The van der Waals surface area contributed by atoms with Crippen LogP contribution in [0.3, 0.4) is 0 Å². The SMILES string of the molecule is CC(F)(F)c1ccccc1C(=O)NCCc1ncc(C(F)(F)F)cc1Cl. The Bertz CT molecular complexity index is 802. The molecule has 1 N–H and O–H groups in total. The van der Waals surface area contributed by atoms with Crippen molar-refractivity contribution < 1.29 is 26.7 Å². The molecule has 0 radical (unpaired) electrons. The van der Waals surface area contributed by atoms with E-state index in [1.54, 1.807) is 0 Å². The number of amides is 1. The van der Waals surface area contributed by atoms with Gasteiger partial charge in [-0.15, -0.1) is 0 Å². The van der Waals surface area contributed by atoms with Crippen LogP contribution in [0.15, 0.2) is 36.5 Å². The molecule has 2 aromatic rings. The van der Waals surface area contributed by atoms with Crippen LogP contribution in [0.5, 0.6) is 0 Å². The van der Waals surface area contributed by atoms with E-state index in [4.69, 9.17) is 11.6 Å². The normalized spacial score (nSPS) is 12.1. The van der Waals surface area contributed by atoms with Crippen LogP contribution in [0.1, 0.15) is 34.1 Å². The number of nitrogens with one attached hydrogen (secondary N) is 1. The van der Waals surface area contributed by atoms with E-state index < -0.39 is 29.1 Å². The molecule has 0 bridgehead atoms. The molecule has 1 heterocycles. The van der Waals surface area contributed by atoms with Crippen molar-refractivity contribution in [3.63, 3.8) is 0 Å². The van der Waals surface area contributed by atoms with Gasteiger partial charge in [0.1, 0.15) is 0 Å². The zero-order valence-electron chi connectivity index (χ0n) is 13.5. The summed E-state index contributed by atoms with van der Waals surface area (Å²) in [5, 5.41) is 2.25. The molecule has 0 aliphatic rings. The number of benzene rings is 1. The van der Waals surface area contributed by atoms with Crippen molar-refractivity contribution in [1.82, 2.24) is 10.3 Å². The minimum absolute atomic E-state index is 0.0272. The first-order chi connectivity index (χ1) is 12.0. The second-order valence-corrected chi connectivity index (χ2v) is 6.00. The summed E-state index contributed by atoms with van der Waals surface area (Å²) in [6.07, 6.45) is -3.86. The molecule has 2 rings (SSSR count). The number of carbonyl (C=O) groups excluding carboxylic acids is 1. The van der Waals surface area contributed by atoms with Crippen molar-refractivity contribution in [2.24, 2.45) is 0 Å². The Kier molecular flexibility index (Phi) is 5.85. The second kappa shape index (κ2) is 7.57. The zero-order valence-corrected chi connectivity index (χ0v) is 14.3. The third-order valence-corrected chi connectivity index (χ3v) is 3.86. The predicted molar refractivity (Wildman–Crippen MR) is 86.3 cm³/mol. The Labute approximate surface area is 151 Å². The van der Waals surface area contributed by atoms with Crippen molar-refractivity contribution in [2.45, 2.75) is 25.4 Å². The molecule has 0 saturated heterocycles. The highest BCUT2D eigenvalue weighted by molar-refractivity contribution is 6.31. The number of nitrogens with zero attached hydrogens (tertiary/aromatic N) is 1. The molecular formula is C17H14ClF5N2O. The van der Waals surface area contributed by atoms with Gasteiger partial charge in [-0.05, 0) is 12.1 Å². The van der Waals surface area contributed by atoms with E-state index in [-0.39, 0.29) is 29.2 Å². The average Bonchev–Trinajstić information content (AvgIpc) is 2.54. The Hall–Kier alpha value is -2.22. The number of hydrogen-bond acceptors (Lipinski definition) is 2. The number of hydrogen-bond donors (Lipinski definition) is 1. The maximum Gasteiger partial charge on any atom is 0.417 e. The van der Waals surface area contributed by atoms with Gasteiger partial charge in [0, 0.05) is 37.2 Å². The van der Waals surface area contributed by atoms with Crippen molar-refractivity contribution in [3.8, 4) is 0 Å². The summed E-state index contributed by atoms with van der Waals surface area (Å²) in [5.74, 6) is -3.91. The molecule has 9 heteroatoms. The summed E-state index contributed by atoms with van der Waals surface area (Å²) < 4.78 is 64.8. The predicted octanol–water partition coefficient (Wildman–Crippen LogP) is 4.84. The van der Waals surface area contributed by atoms with Gasteiger partial charge in [0.2, 0.25) is 0 Å². The summed E-state index contributed by atoms with van der Waals surface area (Å²) in [6.45, 7) is 0.658. The first kappa shape index (κ1) is 20.1. The molecule has 0 unspecified atom stereocenters. The Morgan fingerprint density at radius 2 is 1.85 bits per heavy atom. The topological polar surface area (TPSA) is 42.0 Å². The number of rotatable bonds is 5. The van der Waals surface area contributed by atoms with Gasteiger partial charge < -0.3 is 5.32 Å². The smallest absolute Gasteiger partial charge is 0.352 e. The second-order valence-electron chi connectivity index (χ2n) is 5.59. The first-order valence-corrected chi connectivity index (χ1v) is 7.85. The summed E-state index contributed by atoms with van der Waals surface area (Å²) in [6, 6.07) is 6.03. The van der Waals surface area contributed by atoms with E-state index in [9.17, 15) is 26.7 Å². The summed E-state index contributed by atoms with van der Waals surface area (Å²) in [5.41, 5.74) is -1.40. The van der Waals surface area contributed by atoms with Gasteiger partial charge in [-0.1, -0.05) is 29.8 Å². The van der Waals surface area contributed by atoms with Crippen LogP contribution < -0.4 is 5.32 Å². The van der Waals surface area contributed by atoms with Gasteiger partial charge in [0.05, 0.1) is 16.3 Å². The monoisotopic (exact) mass is 392 g/mol. The van der Waals surface area contributed by atoms with E-state index in [1.165, 1.54) is 18.2 Å². The van der Waals surface area contributed by atoms with Crippen molar-refractivity contribution in [1.29, 1.82) is 0 Å². The Morgan fingerprint density at radius 3 is 2.42 bits per heavy atom. The number of alkyl halides is 5. The van der Waals surface area contributed by atoms with Crippen LogP contribution in [-0.2, 0) is 18.5 Å². The molecule has 0 saturated carbocycles. The minimum Gasteiger partial charge on any atom is -0.352 e. The molecule has 0 spiro atoms. The molecule has 0 aliphatic carbocycles. The van der Waals surface area contributed by atoms with E-state index in [2.05, 4.69) is 10.3 Å². The molecule has 1 aromatic heterocycles. The zero-order chi connectivity index (χ0) is 19.5. The fraction of sp³-hybridized carbons (Fsp3) is 0.294. The fourth-order valence-electron chi connectivity index (χ4n) is 2.26.